The Morgan fingerprint density at radius 1 is 0.800 bits per heavy atom. The van der Waals surface area contributed by atoms with E-state index >= 15 is 0 Å². The van der Waals surface area contributed by atoms with Crippen molar-refractivity contribution >= 4 is 40.6 Å². The van der Waals surface area contributed by atoms with Crippen molar-refractivity contribution in [2.24, 2.45) is 0 Å². The van der Waals surface area contributed by atoms with E-state index in [0.29, 0.717) is 0 Å². The van der Waals surface area contributed by atoms with Crippen LogP contribution in [0.2, 0.25) is 0 Å². The summed E-state index contributed by atoms with van der Waals surface area (Å²) < 4.78 is 6.15. The zero-order valence-electron chi connectivity index (χ0n) is 16.9. The first-order valence-corrected chi connectivity index (χ1v) is 10.8. The van der Waals surface area contributed by atoms with Gasteiger partial charge in [0.05, 0.1) is 13.5 Å². The molecule has 3 heteroatoms. The normalized spacial score (nSPS) is 16.4. The molecule has 0 bridgehead atoms. The third-order valence-electron chi connectivity index (χ3n) is 6.74. The molecule has 30 heavy (non-hydrogen) atoms. The van der Waals surface area contributed by atoms with E-state index in [1.807, 2.05) is 6.20 Å². The van der Waals surface area contributed by atoms with Crippen molar-refractivity contribution in [3.63, 3.8) is 0 Å². The van der Waals surface area contributed by atoms with Gasteiger partial charge in [-0.15, -0.1) is 0 Å². The first-order valence-electron chi connectivity index (χ1n) is 10.8. The molecule has 2 heterocycles. The van der Waals surface area contributed by atoms with Crippen molar-refractivity contribution in [1.29, 1.82) is 0 Å². The minimum absolute atomic E-state index is 0.224. The molecule has 2 aromatic heterocycles. The van der Waals surface area contributed by atoms with Crippen molar-refractivity contribution in [2.75, 3.05) is 0 Å². The highest BCUT2D eigenvalue weighted by Crippen LogP contribution is 2.39. The summed E-state index contributed by atoms with van der Waals surface area (Å²) in [6.07, 6.45) is 7.69. The Balaban J connectivity index is 1.53. The molecular weight excluding hydrogens is 365 g/mol. The molecule has 3 aromatic carbocycles. The fourth-order valence-corrected chi connectivity index (χ4v) is 5.08. The Bertz CT molecular complexity index is 1390. The maximum absolute atomic E-state index is 6.80. The molecular formula is C27H22BNO. The molecule has 144 valence electrons. The molecule has 1 aliphatic rings. The lowest BCUT2D eigenvalue weighted by molar-refractivity contribution is 0.398. The number of rotatable bonds is 2. The van der Waals surface area contributed by atoms with E-state index in [9.17, 15) is 0 Å². The predicted octanol–water partition coefficient (Wildman–Crippen LogP) is 7.13. The van der Waals surface area contributed by atoms with Crippen LogP contribution in [0.15, 0.2) is 77.3 Å². The highest BCUT2D eigenvalue weighted by Gasteiger charge is 2.28. The van der Waals surface area contributed by atoms with Gasteiger partial charge in [-0.05, 0) is 58.0 Å². The van der Waals surface area contributed by atoms with E-state index < -0.39 is 0 Å². The van der Waals surface area contributed by atoms with E-state index in [1.54, 1.807) is 0 Å². The fraction of sp³-hybridized carbons (Fsp3) is 0.222. The number of nitrogens with zero attached hydrogens (tertiary/aromatic N) is 1. The zero-order chi connectivity index (χ0) is 20.1. The summed E-state index contributed by atoms with van der Waals surface area (Å²) in [5.41, 5.74) is 5.10. The molecule has 6 rings (SSSR count). The van der Waals surface area contributed by atoms with E-state index in [0.717, 1.165) is 40.7 Å². The lowest BCUT2D eigenvalue weighted by Crippen LogP contribution is -2.29. The van der Waals surface area contributed by atoms with Crippen LogP contribution < -0.4 is 0 Å². The molecule has 1 fully saturated rings. The molecule has 2 radical (unpaired) electrons. The van der Waals surface area contributed by atoms with E-state index in [1.165, 1.54) is 41.0 Å². The molecule has 5 aromatic rings. The second-order valence-corrected chi connectivity index (χ2v) is 8.62. The second-order valence-electron chi connectivity index (χ2n) is 8.62. The van der Waals surface area contributed by atoms with Crippen molar-refractivity contribution in [2.45, 2.75) is 37.4 Å². The van der Waals surface area contributed by atoms with Crippen LogP contribution in [-0.4, -0.2) is 12.8 Å². The Kier molecular flexibility index (Phi) is 3.99. The summed E-state index contributed by atoms with van der Waals surface area (Å²) in [6, 6.07) is 23.3. The minimum Gasteiger partial charge on any atom is -0.456 e. The molecule has 0 unspecified atom stereocenters. The Morgan fingerprint density at radius 2 is 1.63 bits per heavy atom. The third kappa shape index (κ3) is 2.76. The summed E-state index contributed by atoms with van der Waals surface area (Å²) in [6.45, 7) is 0. The molecule has 0 aliphatic heterocycles. The summed E-state index contributed by atoms with van der Waals surface area (Å²) in [5.74, 6) is 0. The quantitative estimate of drug-likeness (QED) is 0.301. The Hall–Kier alpha value is -3.07. The van der Waals surface area contributed by atoms with Gasteiger partial charge >= 0.3 is 0 Å². The number of furan rings is 1. The highest BCUT2D eigenvalue weighted by atomic mass is 16.3. The molecule has 0 saturated heterocycles. The maximum Gasteiger partial charge on any atom is 0.136 e. The Morgan fingerprint density at radius 3 is 2.53 bits per heavy atom. The van der Waals surface area contributed by atoms with Crippen molar-refractivity contribution in [3.05, 3.63) is 78.5 Å². The molecule has 0 atom stereocenters. The van der Waals surface area contributed by atoms with Gasteiger partial charge in [-0.1, -0.05) is 62.4 Å². The number of hydrogen-bond acceptors (Lipinski definition) is 2. The number of benzene rings is 3. The largest absolute Gasteiger partial charge is 0.456 e. The first kappa shape index (κ1) is 17.8. The van der Waals surface area contributed by atoms with Gasteiger partial charge in [0.2, 0.25) is 0 Å². The molecule has 1 saturated carbocycles. The summed E-state index contributed by atoms with van der Waals surface area (Å²) >= 11 is 0. The molecule has 0 amide bonds. The highest BCUT2D eigenvalue weighted by molar-refractivity contribution is 6.19. The van der Waals surface area contributed by atoms with Crippen LogP contribution in [0.25, 0.3) is 44.0 Å². The van der Waals surface area contributed by atoms with Crippen molar-refractivity contribution < 1.29 is 4.42 Å². The lowest BCUT2D eigenvalue weighted by atomic mass is 9.57. The zero-order valence-corrected chi connectivity index (χ0v) is 16.9. The van der Waals surface area contributed by atoms with Crippen LogP contribution in [0.5, 0.6) is 0 Å². The minimum atomic E-state index is -0.224. The Labute approximate surface area is 177 Å². The van der Waals surface area contributed by atoms with Gasteiger partial charge < -0.3 is 4.42 Å². The molecule has 1 aliphatic carbocycles. The summed E-state index contributed by atoms with van der Waals surface area (Å²) in [5, 5.41) is 4.52. The number of aromatic nitrogens is 1. The van der Waals surface area contributed by atoms with Gasteiger partial charge in [-0.3, -0.25) is 4.98 Å². The monoisotopic (exact) mass is 387 g/mol. The topological polar surface area (TPSA) is 26.0 Å². The van der Waals surface area contributed by atoms with Crippen LogP contribution in [0.4, 0.5) is 0 Å². The van der Waals surface area contributed by atoms with E-state index in [-0.39, 0.29) is 5.31 Å². The van der Waals surface area contributed by atoms with Crippen LogP contribution >= 0.6 is 0 Å². The van der Waals surface area contributed by atoms with Gasteiger partial charge in [0.1, 0.15) is 11.2 Å². The van der Waals surface area contributed by atoms with Gasteiger partial charge in [-0.2, -0.15) is 0 Å². The maximum atomic E-state index is 6.80. The van der Waals surface area contributed by atoms with Gasteiger partial charge in [0, 0.05) is 22.5 Å². The number of pyridine rings is 1. The summed E-state index contributed by atoms with van der Waals surface area (Å²) in [4.78, 5) is 4.68. The standard InChI is InChI=1S/C27H22BNO/c28-27(13-4-1-5-14-27)20-12-15-29-23(17-20)19-9-10-24-22(16-19)26-21-7-3-2-6-18(21)8-11-25(26)30-24/h2-3,6-12,15-17H,1,4-5,13-14H2. The van der Waals surface area contributed by atoms with Gasteiger partial charge in [0.25, 0.3) is 0 Å². The first-order chi connectivity index (χ1) is 14.7. The van der Waals surface area contributed by atoms with Crippen molar-refractivity contribution in [3.8, 4) is 11.3 Å². The fourth-order valence-electron chi connectivity index (χ4n) is 5.08. The van der Waals surface area contributed by atoms with Crippen LogP contribution in [0.3, 0.4) is 0 Å². The average molecular weight is 387 g/mol. The number of hydrogen-bond donors (Lipinski definition) is 0. The van der Waals surface area contributed by atoms with Crippen molar-refractivity contribution in [1.82, 2.24) is 4.98 Å². The van der Waals surface area contributed by atoms with E-state index in [2.05, 4.69) is 71.7 Å². The van der Waals surface area contributed by atoms with Crippen LogP contribution in [0, 0.1) is 0 Å². The van der Waals surface area contributed by atoms with Crippen LogP contribution in [0.1, 0.15) is 37.7 Å². The van der Waals surface area contributed by atoms with Gasteiger partial charge in [0.15, 0.2) is 0 Å². The predicted molar refractivity (Wildman–Crippen MR) is 125 cm³/mol. The van der Waals surface area contributed by atoms with Gasteiger partial charge in [-0.25, -0.2) is 0 Å². The smallest absolute Gasteiger partial charge is 0.136 e. The van der Waals surface area contributed by atoms with Crippen LogP contribution in [-0.2, 0) is 5.31 Å². The molecule has 2 nitrogen and oxygen atoms in total. The SMILES string of the molecule is [B]C1(c2ccnc(-c3ccc4oc5ccc6ccccc6c5c4c3)c2)CCCCC1. The average Bonchev–Trinajstić information content (AvgIpc) is 3.18. The molecule has 0 spiro atoms. The molecule has 0 N–H and O–H groups in total. The summed E-state index contributed by atoms with van der Waals surface area (Å²) in [7, 11) is 6.80. The second kappa shape index (κ2) is 6.73. The third-order valence-corrected chi connectivity index (χ3v) is 6.74. The van der Waals surface area contributed by atoms with E-state index in [4.69, 9.17) is 12.3 Å². The number of fused-ring (bicyclic) bond motifs is 5. The lowest BCUT2D eigenvalue weighted by Gasteiger charge is -2.34.